The number of aryl methyl sites for hydroxylation is 1. The zero-order valence-corrected chi connectivity index (χ0v) is 25.7. The number of nitrogens with one attached hydrogen (secondary N) is 2. The van der Waals surface area contributed by atoms with E-state index in [0.717, 1.165) is 56.2 Å². The van der Waals surface area contributed by atoms with Crippen molar-refractivity contribution in [3.8, 4) is 28.8 Å². The number of fused-ring (bicyclic) bond motifs is 1. The molecule has 0 unspecified atom stereocenters. The summed E-state index contributed by atoms with van der Waals surface area (Å²) in [4.78, 5) is 10.0. The molecule has 1 aliphatic rings. The number of rotatable bonds is 12. The lowest BCUT2D eigenvalue weighted by atomic mass is 10.00. The third-order valence-electron chi connectivity index (χ3n) is 7.92. The summed E-state index contributed by atoms with van der Waals surface area (Å²) < 4.78 is 52.5. The summed E-state index contributed by atoms with van der Waals surface area (Å²) in [5.74, 6) is 0.820. The Morgan fingerprint density at radius 2 is 1.67 bits per heavy atom. The molecule has 0 spiro atoms. The van der Waals surface area contributed by atoms with Gasteiger partial charge in [0.15, 0.2) is 0 Å². The van der Waals surface area contributed by atoms with Crippen molar-refractivity contribution in [2.24, 2.45) is 0 Å². The van der Waals surface area contributed by atoms with Crippen LogP contribution in [-0.4, -0.2) is 82.3 Å². The molecule has 46 heavy (non-hydrogen) atoms. The van der Waals surface area contributed by atoms with Crippen LogP contribution in [0.2, 0.25) is 5.02 Å². The molecule has 2 aromatic heterocycles. The van der Waals surface area contributed by atoms with Gasteiger partial charge in [0.2, 0.25) is 11.8 Å². The van der Waals surface area contributed by atoms with Crippen molar-refractivity contribution >= 4 is 22.6 Å². The molecule has 3 heterocycles. The minimum Gasteiger partial charge on any atom is -0.493 e. The normalized spacial score (nSPS) is 14.3. The summed E-state index contributed by atoms with van der Waals surface area (Å²) in [6.07, 6.45) is -3.56. The van der Waals surface area contributed by atoms with E-state index in [0.29, 0.717) is 65.5 Å². The first-order valence-electron chi connectivity index (χ1n) is 15.1. The first-order chi connectivity index (χ1) is 22.2. The molecule has 1 fully saturated rings. The Morgan fingerprint density at radius 1 is 0.913 bits per heavy atom. The highest BCUT2D eigenvalue weighted by atomic mass is 35.5. The van der Waals surface area contributed by atoms with Crippen molar-refractivity contribution in [3.63, 3.8) is 0 Å². The summed E-state index contributed by atoms with van der Waals surface area (Å²) in [6.45, 7) is 6.65. The minimum atomic E-state index is -4.47. The van der Waals surface area contributed by atoms with E-state index in [1.807, 2.05) is 24.3 Å². The van der Waals surface area contributed by atoms with Crippen LogP contribution in [0.5, 0.6) is 11.6 Å². The average Bonchev–Trinajstić information content (AvgIpc) is 3.62. The van der Waals surface area contributed by atoms with Crippen LogP contribution in [0, 0.1) is 0 Å². The van der Waals surface area contributed by atoms with Gasteiger partial charge in [0, 0.05) is 48.9 Å². The first kappa shape index (κ1) is 31.9. The molecule has 9 nitrogen and oxygen atoms in total. The second kappa shape index (κ2) is 14.1. The number of hydrogen-bond acceptors (Lipinski definition) is 7. The van der Waals surface area contributed by atoms with E-state index in [1.54, 1.807) is 18.2 Å². The first-order valence-corrected chi connectivity index (χ1v) is 15.5. The van der Waals surface area contributed by atoms with E-state index in [1.165, 1.54) is 16.8 Å². The fraction of sp³-hybridized carbons (Fsp3) is 0.333. The monoisotopic (exact) mass is 654 g/mol. The largest absolute Gasteiger partial charge is 0.493 e. The van der Waals surface area contributed by atoms with Crippen LogP contribution >= 0.6 is 11.6 Å². The van der Waals surface area contributed by atoms with Crippen molar-refractivity contribution in [3.05, 3.63) is 88.4 Å². The predicted molar refractivity (Wildman–Crippen MR) is 170 cm³/mol. The SMILES string of the molecule is Oc1c(CCc2ccc(OCCOCCN3CCNCC3)cc2)c(-c2ccc(C(F)(F)F)cc2)nn1-c1nc2cc(Cl)ccc2[nH]1. The molecule has 0 aliphatic carbocycles. The van der Waals surface area contributed by atoms with Crippen LogP contribution < -0.4 is 10.1 Å². The van der Waals surface area contributed by atoms with E-state index in [9.17, 15) is 18.3 Å². The maximum Gasteiger partial charge on any atom is 0.416 e. The molecule has 1 saturated heterocycles. The van der Waals surface area contributed by atoms with Gasteiger partial charge in [0.1, 0.15) is 18.1 Å². The Kier molecular flexibility index (Phi) is 9.78. The molecule has 1 aliphatic heterocycles. The average molecular weight is 655 g/mol. The summed E-state index contributed by atoms with van der Waals surface area (Å²) in [7, 11) is 0. The highest BCUT2D eigenvalue weighted by molar-refractivity contribution is 6.31. The molecular weight excluding hydrogens is 621 g/mol. The number of nitrogens with zero attached hydrogens (tertiary/aromatic N) is 4. The Balaban J connectivity index is 1.13. The van der Waals surface area contributed by atoms with Gasteiger partial charge in [0.05, 0.1) is 29.8 Å². The molecule has 5 aromatic rings. The summed E-state index contributed by atoms with van der Waals surface area (Å²) >= 11 is 6.11. The summed E-state index contributed by atoms with van der Waals surface area (Å²) in [5.41, 5.74) is 2.78. The van der Waals surface area contributed by atoms with E-state index < -0.39 is 11.7 Å². The molecule has 0 atom stereocenters. The van der Waals surface area contributed by atoms with Crippen molar-refractivity contribution < 1.29 is 27.8 Å². The lowest BCUT2D eigenvalue weighted by Crippen LogP contribution is -2.44. The van der Waals surface area contributed by atoms with Crippen molar-refractivity contribution in [2.45, 2.75) is 19.0 Å². The van der Waals surface area contributed by atoms with Gasteiger partial charge in [-0.2, -0.15) is 23.0 Å². The molecule has 3 N–H and O–H groups in total. The maximum atomic E-state index is 13.2. The molecule has 0 amide bonds. The topological polar surface area (TPSA) is 100 Å². The van der Waals surface area contributed by atoms with E-state index >= 15 is 0 Å². The van der Waals surface area contributed by atoms with Gasteiger partial charge in [-0.1, -0.05) is 35.9 Å². The summed E-state index contributed by atoms with van der Waals surface area (Å²) in [5, 5.41) is 19.8. The van der Waals surface area contributed by atoms with Gasteiger partial charge in [-0.3, -0.25) is 4.90 Å². The molecule has 242 valence electrons. The molecular formula is C33H34ClF3N6O3. The van der Waals surface area contributed by atoms with Crippen LogP contribution in [0.15, 0.2) is 66.7 Å². The number of alkyl halides is 3. The number of ether oxygens (including phenoxy) is 2. The van der Waals surface area contributed by atoms with Crippen LogP contribution in [0.3, 0.4) is 0 Å². The Labute approximate surface area is 268 Å². The standard InChI is InChI=1S/C33H34ClF3N6O3/c34-25-8-12-28-29(21-25)40-32(39-28)43-31(44)27(30(41-43)23-4-6-24(7-5-23)33(35,36)37)11-3-22-1-9-26(10-2-22)46-20-19-45-18-17-42-15-13-38-14-16-42/h1-2,4-10,12,21,38,44H,3,11,13-20H2,(H,39,40). The van der Waals surface area contributed by atoms with E-state index in [-0.39, 0.29) is 11.8 Å². The molecule has 0 saturated carbocycles. The van der Waals surface area contributed by atoms with Gasteiger partial charge in [-0.15, -0.1) is 0 Å². The van der Waals surface area contributed by atoms with Gasteiger partial charge in [0.25, 0.3) is 0 Å². The van der Waals surface area contributed by atoms with Crippen LogP contribution in [0.4, 0.5) is 13.2 Å². The number of aromatic amines is 1. The molecule has 0 radical (unpaired) electrons. The quantitative estimate of drug-likeness (QED) is 0.145. The summed E-state index contributed by atoms with van der Waals surface area (Å²) in [6, 6.07) is 17.6. The maximum absolute atomic E-state index is 13.2. The van der Waals surface area contributed by atoms with Crippen LogP contribution in [0.1, 0.15) is 16.7 Å². The number of aromatic hydroxyl groups is 1. The van der Waals surface area contributed by atoms with E-state index in [4.69, 9.17) is 21.1 Å². The fourth-order valence-corrected chi connectivity index (χ4v) is 5.57. The lowest BCUT2D eigenvalue weighted by molar-refractivity contribution is -0.137. The number of halogens is 4. The van der Waals surface area contributed by atoms with E-state index in [2.05, 4.69) is 25.3 Å². The van der Waals surface area contributed by atoms with Gasteiger partial charge in [-0.25, -0.2) is 4.98 Å². The third-order valence-corrected chi connectivity index (χ3v) is 8.16. The predicted octanol–water partition coefficient (Wildman–Crippen LogP) is 5.88. The smallest absolute Gasteiger partial charge is 0.416 e. The number of aromatic nitrogens is 4. The fourth-order valence-electron chi connectivity index (χ4n) is 5.40. The van der Waals surface area contributed by atoms with Crippen molar-refractivity contribution in [1.29, 1.82) is 0 Å². The number of piperazine rings is 1. The Morgan fingerprint density at radius 3 is 2.41 bits per heavy atom. The Hall–Kier alpha value is -4.10. The molecule has 13 heteroatoms. The van der Waals surface area contributed by atoms with Gasteiger partial charge in [-0.05, 0) is 60.9 Å². The zero-order valence-electron chi connectivity index (χ0n) is 25.0. The van der Waals surface area contributed by atoms with Crippen LogP contribution in [0.25, 0.3) is 28.2 Å². The number of H-pyrrole nitrogens is 1. The molecule has 0 bridgehead atoms. The van der Waals surface area contributed by atoms with Crippen molar-refractivity contribution in [2.75, 3.05) is 52.5 Å². The molecule has 6 rings (SSSR count). The van der Waals surface area contributed by atoms with Gasteiger partial charge >= 0.3 is 6.18 Å². The van der Waals surface area contributed by atoms with Gasteiger partial charge < -0.3 is 24.9 Å². The highest BCUT2D eigenvalue weighted by Gasteiger charge is 2.30. The molecule has 3 aromatic carbocycles. The van der Waals surface area contributed by atoms with Crippen LogP contribution in [-0.2, 0) is 23.8 Å². The third kappa shape index (κ3) is 7.64. The minimum absolute atomic E-state index is 0.156. The second-order valence-corrected chi connectivity index (χ2v) is 11.5. The zero-order chi connectivity index (χ0) is 32.1. The number of imidazole rings is 1. The van der Waals surface area contributed by atoms with Crippen molar-refractivity contribution in [1.82, 2.24) is 30.0 Å². The second-order valence-electron chi connectivity index (χ2n) is 11.1. The highest BCUT2D eigenvalue weighted by Crippen LogP contribution is 2.35. The number of hydrogen-bond donors (Lipinski definition) is 3. The number of benzene rings is 3. The Bertz CT molecular complexity index is 1750. The lowest BCUT2D eigenvalue weighted by Gasteiger charge is -2.26.